The highest BCUT2D eigenvalue weighted by atomic mass is 32.2. The van der Waals surface area contributed by atoms with Crippen LogP contribution in [0.15, 0.2) is 6.07 Å². The van der Waals surface area contributed by atoms with Gasteiger partial charge in [0.15, 0.2) is 23.0 Å². The highest BCUT2D eigenvalue weighted by Gasteiger charge is 2.62. The molecule has 11 heteroatoms. The van der Waals surface area contributed by atoms with E-state index in [1.807, 2.05) is 6.26 Å². The van der Waals surface area contributed by atoms with Gasteiger partial charge in [-0.3, -0.25) is 19.2 Å². The molecule has 35 heavy (non-hydrogen) atoms. The number of rotatable bonds is 9. The Balaban J connectivity index is 2.19. The van der Waals surface area contributed by atoms with Gasteiger partial charge in [0.2, 0.25) is 5.91 Å². The molecule has 1 saturated carbocycles. The molecule has 0 aromatic heterocycles. The number of thioether (sulfide) groups is 1. The average Bonchev–Trinajstić information content (AvgIpc) is 2.78. The lowest BCUT2D eigenvalue weighted by Crippen LogP contribution is -2.67. The van der Waals surface area contributed by atoms with Crippen LogP contribution < -0.4 is 11.5 Å². The van der Waals surface area contributed by atoms with Crippen molar-refractivity contribution in [1.82, 2.24) is 4.90 Å². The van der Waals surface area contributed by atoms with Gasteiger partial charge >= 0.3 is 0 Å². The van der Waals surface area contributed by atoms with E-state index in [1.54, 1.807) is 25.1 Å². The number of carbonyl (C=O) groups excluding carboxylic acids is 4. The Hall–Kier alpha value is -2.31. The molecule has 2 aliphatic rings. The number of likely N-dealkylation sites (N-methyl/N-ethyl adjacent to an activating group) is 1. The summed E-state index contributed by atoms with van der Waals surface area (Å²) in [7, 11) is 3.27. The second-order valence-corrected chi connectivity index (χ2v) is 10.5. The number of aromatic hydroxyl groups is 1. The summed E-state index contributed by atoms with van der Waals surface area (Å²) in [6.45, 7) is -0.337. The van der Waals surface area contributed by atoms with E-state index in [4.69, 9.17) is 11.5 Å². The minimum Gasteiger partial charge on any atom is -0.507 e. The Bertz CT molecular complexity index is 1060. The lowest BCUT2D eigenvalue weighted by atomic mass is 9.56. The van der Waals surface area contributed by atoms with Crippen LogP contribution in [0.4, 0.5) is 0 Å². The van der Waals surface area contributed by atoms with Gasteiger partial charge in [-0.25, -0.2) is 0 Å². The number of hydrogen-bond donors (Lipinski definition) is 5. The minimum atomic E-state index is -2.69. The summed E-state index contributed by atoms with van der Waals surface area (Å²) in [4.78, 5) is 53.7. The second kappa shape index (κ2) is 10.4. The number of hydrogen-bond acceptors (Lipinski definition) is 10. The highest BCUT2D eigenvalue weighted by molar-refractivity contribution is 7.97. The van der Waals surface area contributed by atoms with Gasteiger partial charge in [0.25, 0.3) is 0 Å². The molecule has 1 fully saturated rings. The zero-order valence-electron chi connectivity index (χ0n) is 20.1. The molecule has 0 saturated heterocycles. The van der Waals surface area contributed by atoms with Crippen LogP contribution in [0.5, 0.6) is 5.75 Å². The Kier molecular flexibility index (Phi) is 8.07. The summed E-state index contributed by atoms with van der Waals surface area (Å²) >= 11 is 1.45. The van der Waals surface area contributed by atoms with Crippen LogP contribution in [-0.2, 0) is 33.1 Å². The predicted molar refractivity (Wildman–Crippen MR) is 130 cm³/mol. The third-order valence-electron chi connectivity index (χ3n) is 7.39. The van der Waals surface area contributed by atoms with Crippen molar-refractivity contribution in [2.45, 2.75) is 43.2 Å². The summed E-state index contributed by atoms with van der Waals surface area (Å²) in [6.07, 6.45) is 1.26. The summed E-state index contributed by atoms with van der Waals surface area (Å²) in [5, 5.41) is 32.6. The van der Waals surface area contributed by atoms with Crippen LogP contribution in [0, 0.1) is 17.8 Å². The molecule has 5 atom stereocenters. The van der Waals surface area contributed by atoms with Crippen LogP contribution in [0.25, 0.3) is 0 Å². The van der Waals surface area contributed by atoms with Crippen molar-refractivity contribution < 1.29 is 34.5 Å². The molecule has 1 aromatic rings. The van der Waals surface area contributed by atoms with E-state index in [2.05, 4.69) is 0 Å². The number of amides is 1. The number of phenols is 1. The molecule has 7 N–H and O–H groups in total. The van der Waals surface area contributed by atoms with E-state index in [9.17, 15) is 34.5 Å². The summed E-state index contributed by atoms with van der Waals surface area (Å²) < 4.78 is 0. The standard InChI is InChI=1S/C24H33N3O7S/c1-27(2)16(9-28)15-6-11-5-14-12(8-25)4-13(10-35-3)21(31)20(14)22(32)19(11)23(33)24(15,34)17(29)7-18(26)30/h4,11,15-16,19,28,31,34H,5-10,25H2,1-3H3,(H2,26,30). The second-order valence-electron chi connectivity index (χ2n) is 9.59. The first-order valence-corrected chi connectivity index (χ1v) is 12.8. The van der Waals surface area contributed by atoms with Crippen molar-refractivity contribution >= 4 is 35.0 Å². The SMILES string of the molecule is CSCc1cc(CN)c2c(c1O)C(=O)C1C(=O)C(O)(C(=O)CC(N)=O)C(C(CO)N(C)C)CC1C2. The van der Waals surface area contributed by atoms with Crippen molar-refractivity contribution in [3.63, 3.8) is 0 Å². The fraction of sp³-hybridized carbons (Fsp3) is 0.583. The average molecular weight is 508 g/mol. The Morgan fingerprint density at radius 1 is 1.29 bits per heavy atom. The largest absolute Gasteiger partial charge is 0.507 e. The number of aliphatic hydroxyl groups is 2. The lowest BCUT2D eigenvalue weighted by Gasteiger charge is -2.49. The first kappa shape index (κ1) is 27.3. The normalized spacial score (nSPS) is 26.9. The van der Waals surface area contributed by atoms with Gasteiger partial charge in [0.05, 0.1) is 24.5 Å². The van der Waals surface area contributed by atoms with E-state index in [0.717, 1.165) is 0 Å². The maximum atomic E-state index is 13.8. The first-order chi connectivity index (χ1) is 16.4. The molecule has 0 radical (unpaired) electrons. The predicted octanol–water partition coefficient (Wildman–Crippen LogP) is -0.628. The van der Waals surface area contributed by atoms with E-state index < -0.39 is 65.7 Å². The molecule has 192 valence electrons. The number of benzene rings is 1. The number of phenolic OH excluding ortho intramolecular Hbond substituents is 1. The molecule has 1 aromatic carbocycles. The van der Waals surface area contributed by atoms with Crippen LogP contribution in [0.1, 0.15) is 39.9 Å². The fourth-order valence-corrected chi connectivity index (χ4v) is 6.25. The van der Waals surface area contributed by atoms with Gasteiger partial charge in [-0.2, -0.15) is 11.8 Å². The Morgan fingerprint density at radius 2 is 1.94 bits per heavy atom. The fourth-order valence-electron chi connectivity index (χ4n) is 5.72. The third-order valence-corrected chi connectivity index (χ3v) is 7.99. The molecular formula is C24H33N3O7S. The number of ketones is 3. The Morgan fingerprint density at radius 3 is 2.46 bits per heavy atom. The van der Waals surface area contributed by atoms with Gasteiger partial charge < -0.3 is 31.7 Å². The number of carbonyl (C=O) groups is 4. The van der Waals surface area contributed by atoms with E-state index in [0.29, 0.717) is 22.4 Å². The first-order valence-electron chi connectivity index (χ1n) is 11.4. The van der Waals surface area contributed by atoms with Crippen molar-refractivity contribution in [1.29, 1.82) is 0 Å². The molecule has 0 bridgehead atoms. The summed E-state index contributed by atoms with van der Waals surface area (Å²) in [5.41, 5.74) is 10.2. The number of nitrogens with two attached hydrogens (primary N) is 2. The monoisotopic (exact) mass is 507 g/mol. The molecule has 5 unspecified atom stereocenters. The molecule has 0 aliphatic heterocycles. The third kappa shape index (κ3) is 4.51. The van der Waals surface area contributed by atoms with Crippen molar-refractivity contribution in [2.75, 3.05) is 27.0 Å². The number of Topliss-reactive ketones (excluding diaryl/α,β-unsaturated/α-hetero) is 3. The van der Waals surface area contributed by atoms with Crippen LogP contribution >= 0.6 is 11.8 Å². The molecular weight excluding hydrogens is 474 g/mol. The quantitative estimate of drug-likeness (QED) is 0.270. The minimum absolute atomic E-state index is 0.000989. The van der Waals surface area contributed by atoms with E-state index in [-0.39, 0.29) is 30.7 Å². The molecule has 10 nitrogen and oxygen atoms in total. The van der Waals surface area contributed by atoms with Gasteiger partial charge in [0, 0.05) is 29.8 Å². The van der Waals surface area contributed by atoms with Crippen molar-refractivity contribution in [3.8, 4) is 5.75 Å². The smallest absolute Gasteiger partial charge is 0.225 e. The van der Waals surface area contributed by atoms with Gasteiger partial charge in [-0.1, -0.05) is 0 Å². The van der Waals surface area contributed by atoms with Crippen LogP contribution in [-0.4, -0.2) is 82.1 Å². The number of primary amides is 1. The van der Waals surface area contributed by atoms with E-state index >= 15 is 0 Å². The molecule has 3 rings (SSSR count). The zero-order chi connectivity index (χ0) is 26.2. The highest BCUT2D eigenvalue weighted by Crippen LogP contribution is 2.49. The maximum absolute atomic E-state index is 13.8. The summed E-state index contributed by atoms with van der Waals surface area (Å²) in [5.74, 6) is -6.67. The zero-order valence-corrected chi connectivity index (χ0v) is 20.9. The molecule has 0 spiro atoms. The maximum Gasteiger partial charge on any atom is 0.225 e. The van der Waals surface area contributed by atoms with Crippen LogP contribution in [0.2, 0.25) is 0 Å². The van der Waals surface area contributed by atoms with Crippen LogP contribution in [0.3, 0.4) is 0 Å². The van der Waals surface area contributed by atoms with E-state index in [1.165, 1.54) is 11.8 Å². The van der Waals surface area contributed by atoms with Gasteiger partial charge in [-0.05, 0) is 56.3 Å². The topological polar surface area (TPSA) is 184 Å². The van der Waals surface area contributed by atoms with Crippen molar-refractivity contribution in [2.24, 2.45) is 29.2 Å². The number of nitrogens with zero attached hydrogens (tertiary/aromatic N) is 1. The summed E-state index contributed by atoms with van der Waals surface area (Å²) in [6, 6.07) is 0.966. The Labute approximate surface area is 208 Å². The van der Waals surface area contributed by atoms with Gasteiger partial charge in [0.1, 0.15) is 5.75 Å². The van der Waals surface area contributed by atoms with Gasteiger partial charge in [-0.15, -0.1) is 0 Å². The van der Waals surface area contributed by atoms with Crippen molar-refractivity contribution in [3.05, 3.63) is 28.3 Å². The lowest BCUT2D eigenvalue weighted by molar-refractivity contribution is -0.171. The molecule has 2 aliphatic carbocycles. The molecule has 0 heterocycles. The number of fused-ring (bicyclic) bond motifs is 2. The number of aliphatic hydroxyl groups excluding tert-OH is 1. The molecule has 1 amide bonds.